The van der Waals surface area contributed by atoms with E-state index in [-0.39, 0.29) is 5.91 Å². The Morgan fingerprint density at radius 3 is 2.61 bits per heavy atom. The molecule has 1 amide bonds. The second-order valence-electron chi connectivity index (χ2n) is 9.11. The highest BCUT2D eigenvalue weighted by molar-refractivity contribution is 5.90. The van der Waals surface area contributed by atoms with Crippen molar-refractivity contribution in [2.24, 2.45) is 0 Å². The van der Waals surface area contributed by atoms with E-state index < -0.39 is 0 Å². The molecule has 0 aliphatic carbocycles. The van der Waals surface area contributed by atoms with Crippen LogP contribution >= 0.6 is 0 Å². The molecule has 2 aliphatic heterocycles. The maximum absolute atomic E-state index is 11.7. The molecule has 33 heavy (non-hydrogen) atoms. The van der Waals surface area contributed by atoms with Gasteiger partial charge in [-0.15, -0.1) is 0 Å². The molecule has 178 valence electrons. The van der Waals surface area contributed by atoms with E-state index in [9.17, 15) is 4.79 Å². The second kappa shape index (κ2) is 10.9. The summed E-state index contributed by atoms with van der Waals surface area (Å²) < 4.78 is 16.9. The number of carbonyl (C=O) groups excluding carboxylic acids is 1. The zero-order chi connectivity index (χ0) is 23.2. The average Bonchev–Trinajstić information content (AvgIpc) is 3.05. The molecule has 1 atom stereocenters. The van der Waals surface area contributed by atoms with Gasteiger partial charge in [0, 0.05) is 18.2 Å². The summed E-state index contributed by atoms with van der Waals surface area (Å²) in [6, 6.07) is 12.3. The van der Waals surface area contributed by atoms with Gasteiger partial charge in [-0.2, -0.15) is 0 Å². The maximum atomic E-state index is 11.7. The lowest BCUT2D eigenvalue weighted by Crippen LogP contribution is -2.34. The molecule has 1 fully saturated rings. The van der Waals surface area contributed by atoms with Crippen molar-refractivity contribution in [3.63, 3.8) is 0 Å². The van der Waals surface area contributed by atoms with Crippen LogP contribution in [0.3, 0.4) is 0 Å². The molecule has 0 spiro atoms. The normalized spacial score (nSPS) is 19.2. The molecule has 2 heterocycles. The van der Waals surface area contributed by atoms with E-state index in [1.54, 1.807) is 21.1 Å². The third kappa shape index (κ3) is 5.61. The number of nitrogens with one attached hydrogen (secondary N) is 1. The molecule has 2 aromatic rings. The summed E-state index contributed by atoms with van der Waals surface area (Å²) in [6.45, 7) is 5.57. The molecule has 6 nitrogen and oxygen atoms in total. The van der Waals surface area contributed by atoms with E-state index in [0.717, 1.165) is 81.3 Å². The predicted molar refractivity (Wildman–Crippen MR) is 131 cm³/mol. The van der Waals surface area contributed by atoms with Gasteiger partial charge >= 0.3 is 0 Å². The molecular formula is C27H36N2O4. The quantitative estimate of drug-likeness (QED) is 0.627. The van der Waals surface area contributed by atoms with Crippen LogP contribution in [0.1, 0.15) is 62.0 Å². The molecule has 4 rings (SSSR count). The van der Waals surface area contributed by atoms with Crippen molar-refractivity contribution in [1.29, 1.82) is 0 Å². The Labute approximate surface area is 197 Å². The minimum Gasteiger partial charge on any atom is -0.493 e. The van der Waals surface area contributed by atoms with Crippen LogP contribution < -0.4 is 19.5 Å². The summed E-state index contributed by atoms with van der Waals surface area (Å²) in [5.74, 6) is 3.43. The summed E-state index contributed by atoms with van der Waals surface area (Å²) in [5, 5.41) is 3.02. The van der Waals surface area contributed by atoms with Crippen LogP contribution in [0.15, 0.2) is 36.4 Å². The molecule has 6 heteroatoms. The number of amides is 1. The summed E-state index contributed by atoms with van der Waals surface area (Å²) >= 11 is 0. The Kier molecular flexibility index (Phi) is 7.76. The van der Waals surface area contributed by atoms with Crippen LogP contribution in [-0.4, -0.2) is 51.3 Å². The predicted octanol–water partition coefficient (Wildman–Crippen LogP) is 5.19. The number of anilines is 1. The van der Waals surface area contributed by atoms with E-state index in [4.69, 9.17) is 14.2 Å². The number of fused-ring (bicyclic) bond motifs is 1. The first-order valence-electron chi connectivity index (χ1n) is 12.1. The zero-order valence-corrected chi connectivity index (χ0v) is 20.1. The monoisotopic (exact) mass is 452 g/mol. The van der Waals surface area contributed by atoms with Crippen LogP contribution in [0.2, 0.25) is 0 Å². The van der Waals surface area contributed by atoms with E-state index in [1.165, 1.54) is 11.1 Å². The summed E-state index contributed by atoms with van der Waals surface area (Å²) in [5.41, 5.74) is 3.41. The van der Waals surface area contributed by atoms with Gasteiger partial charge in [0.2, 0.25) is 5.91 Å². The standard InChI is InChI=1S/C27H36N2O4/c1-19(30)28-23-7-4-8-25-27(23)21(6-5-17-33-25)13-16-29-14-11-20(12-15-29)22-9-10-24(31-2)26(18-22)32-3/h4,7-10,18,20-21H,5-6,11-17H2,1-3H3,(H,28,30). The van der Waals surface area contributed by atoms with Gasteiger partial charge in [0.1, 0.15) is 5.75 Å². The number of ether oxygens (including phenoxy) is 3. The van der Waals surface area contributed by atoms with Gasteiger partial charge in [-0.05, 0) is 93.4 Å². The Balaban J connectivity index is 1.37. The highest BCUT2D eigenvalue weighted by Crippen LogP contribution is 2.41. The molecule has 0 bridgehead atoms. The van der Waals surface area contributed by atoms with Crippen LogP contribution in [-0.2, 0) is 4.79 Å². The molecule has 2 aliphatic rings. The first kappa shape index (κ1) is 23.4. The zero-order valence-electron chi connectivity index (χ0n) is 20.1. The highest BCUT2D eigenvalue weighted by Gasteiger charge is 2.26. The Morgan fingerprint density at radius 2 is 1.88 bits per heavy atom. The Morgan fingerprint density at radius 1 is 1.09 bits per heavy atom. The van der Waals surface area contributed by atoms with Gasteiger partial charge < -0.3 is 24.4 Å². The van der Waals surface area contributed by atoms with Crippen molar-refractivity contribution in [2.45, 2.75) is 50.9 Å². The number of piperidine rings is 1. The number of nitrogens with zero attached hydrogens (tertiary/aromatic N) is 1. The van der Waals surface area contributed by atoms with Crippen LogP contribution in [0, 0.1) is 0 Å². The Hall–Kier alpha value is -2.73. The fourth-order valence-corrected chi connectivity index (χ4v) is 5.27. The van der Waals surface area contributed by atoms with Gasteiger partial charge in [0.25, 0.3) is 0 Å². The highest BCUT2D eigenvalue weighted by atomic mass is 16.5. The van der Waals surface area contributed by atoms with Crippen molar-refractivity contribution < 1.29 is 19.0 Å². The largest absolute Gasteiger partial charge is 0.493 e. The minimum atomic E-state index is -0.0383. The summed E-state index contributed by atoms with van der Waals surface area (Å²) in [6.07, 6.45) is 5.51. The molecule has 1 saturated heterocycles. The van der Waals surface area contributed by atoms with Crippen molar-refractivity contribution >= 4 is 11.6 Å². The van der Waals surface area contributed by atoms with Gasteiger partial charge in [-0.1, -0.05) is 12.1 Å². The van der Waals surface area contributed by atoms with E-state index >= 15 is 0 Å². The lowest BCUT2D eigenvalue weighted by molar-refractivity contribution is -0.114. The van der Waals surface area contributed by atoms with Crippen LogP contribution in [0.5, 0.6) is 17.2 Å². The number of likely N-dealkylation sites (tertiary alicyclic amines) is 1. The molecular weight excluding hydrogens is 416 g/mol. The lowest BCUT2D eigenvalue weighted by atomic mass is 9.87. The van der Waals surface area contributed by atoms with Crippen molar-refractivity contribution in [3.05, 3.63) is 47.5 Å². The maximum Gasteiger partial charge on any atom is 0.221 e. The molecule has 1 unspecified atom stereocenters. The second-order valence-corrected chi connectivity index (χ2v) is 9.11. The third-order valence-electron chi connectivity index (χ3n) is 7.00. The van der Waals surface area contributed by atoms with Gasteiger partial charge in [-0.25, -0.2) is 0 Å². The van der Waals surface area contributed by atoms with E-state index in [1.807, 2.05) is 24.3 Å². The fraction of sp³-hybridized carbons (Fsp3) is 0.519. The fourth-order valence-electron chi connectivity index (χ4n) is 5.27. The van der Waals surface area contributed by atoms with E-state index in [2.05, 4.69) is 22.3 Å². The molecule has 0 aromatic heterocycles. The average molecular weight is 453 g/mol. The number of carbonyl (C=O) groups is 1. The minimum absolute atomic E-state index is 0.0383. The van der Waals surface area contributed by atoms with Crippen molar-refractivity contribution in [2.75, 3.05) is 45.8 Å². The number of rotatable bonds is 7. The van der Waals surface area contributed by atoms with Crippen LogP contribution in [0.4, 0.5) is 5.69 Å². The summed E-state index contributed by atoms with van der Waals surface area (Å²) in [7, 11) is 3.37. The number of benzene rings is 2. The van der Waals surface area contributed by atoms with Gasteiger partial charge in [0.15, 0.2) is 11.5 Å². The Bertz CT molecular complexity index is 953. The number of hydrogen-bond acceptors (Lipinski definition) is 5. The van der Waals surface area contributed by atoms with Crippen molar-refractivity contribution in [3.8, 4) is 17.2 Å². The van der Waals surface area contributed by atoms with Gasteiger partial charge in [0.05, 0.1) is 20.8 Å². The molecule has 1 N–H and O–H groups in total. The van der Waals surface area contributed by atoms with Crippen molar-refractivity contribution in [1.82, 2.24) is 4.90 Å². The third-order valence-corrected chi connectivity index (χ3v) is 7.00. The first-order valence-corrected chi connectivity index (χ1v) is 12.1. The van der Waals surface area contributed by atoms with E-state index in [0.29, 0.717) is 11.8 Å². The lowest BCUT2D eigenvalue weighted by Gasteiger charge is -2.33. The molecule has 2 aromatic carbocycles. The van der Waals surface area contributed by atoms with Gasteiger partial charge in [-0.3, -0.25) is 4.79 Å². The smallest absolute Gasteiger partial charge is 0.221 e. The number of hydrogen-bond donors (Lipinski definition) is 1. The first-order chi connectivity index (χ1) is 16.1. The topological polar surface area (TPSA) is 60.0 Å². The SMILES string of the molecule is COc1ccc(C2CCN(CCC3CCCOc4cccc(NC(C)=O)c43)CC2)cc1OC. The van der Waals surface area contributed by atoms with Crippen LogP contribution in [0.25, 0.3) is 0 Å². The summed E-state index contributed by atoms with van der Waals surface area (Å²) in [4.78, 5) is 14.3. The molecule has 0 radical (unpaired) electrons. The molecule has 0 saturated carbocycles. The number of methoxy groups -OCH3 is 2.